The van der Waals surface area contributed by atoms with E-state index in [-0.39, 0.29) is 17.1 Å². The van der Waals surface area contributed by atoms with Crippen molar-refractivity contribution in [3.05, 3.63) is 59.9 Å². The quantitative estimate of drug-likeness (QED) is 0.808. The molecule has 0 amide bonds. The first-order valence-corrected chi connectivity index (χ1v) is 5.44. The zero-order chi connectivity index (χ0) is 14.3. The van der Waals surface area contributed by atoms with Crippen molar-refractivity contribution >= 4 is 11.8 Å². The van der Waals surface area contributed by atoms with Crippen LogP contribution in [0.4, 0.5) is 0 Å². The van der Waals surface area contributed by atoms with Gasteiger partial charge in [0.15, 0.2) is 5.78 Å². The van der Waals surface area contributed by atoms with Gasteiger partial charge in [0.25, 0.3) is 0 Å². The Bertz CT molecular complexity index is 549. The molecule has 98 valence electrons. The number of aromatic carboxylic acids is 1. The van der Waals surface area contributed by atoms with Gasteiger partial charge in [-0.05, 0) is 43.3 Å². The minimum atomic E-state index is -0.942. The van der Waals surface area contributed by atoms with Gasteiger partial charge in [0.1, 0.15) is 5.75 Å². The molecule has 0 atom stereocenters. The molecule has 0 saturated carbocycles. The third kappa shape index (κ3) is 4.99. The second-order valence-electron chi connectivity index (χ2n) is 3.65. The minimum absolute atomic E-state index is 0.0139. The number of phenolic OH excluding ortho intramolecular Hbond substituents is 1. The first-order valence-electron chi connectivity index (χ1n) is 5.44. The first kappa shape index (κ1) is 14.4. The number of carboxylic acids is 1. The summed E-state index contributed by atoms with van der Waals surface area (Å²) >= 11 is 0. The summed E-state index contributed by atoms with van der Waals surface area (Å²) in [4.78, 5) is 24.5. The lowest BCUT2D eigenvalue weighted by molar-refractivity contribution is 0.0696. The maximum atomic E-state index is 10.7. The molecule has 0 saturated heterocycles. The van der Waals surface area contributed by atoms with Gasteiger partial charge in [0.05, 0.1) is 5.56 Å². The molecule has 0 aliphatic carbocycles. The molecule has 1 heterocycles. The molecule has 0 aliphatic heterocycles. The largest absolute Gasteiger partial charge is 0.508 e. The summed E-state index contributed by atoms with van der Waals surface area (Å²) in [6, 6.07) is 9.27. The number of benzene rings is 1. The molecule has 5 heteroatoms. The highest BCUT2D eigenvalue weighted by molar-refractivity contribution is 5.94. The van der Waals surface area contributed by atoms with E-state index < -0.39 is 5.97 Å². The average Bonchev–Trinajstić information content (AvgIpc) is 2.41. The van der Waals surface area contributed by atoms with E-state index in [1.165, 1.54) is 37.5 Å². The second kappa shape index (κ2) is 6.90. The highest BCUT2D eigenvalue weighted by atomic mass is 16.4. The molecular formula is C14H13NO4. The zero-order valence-corrected chi connectivity index (χ0v) is 10.3. The molecule has 2 rings (SSSR count). The Morgan fingerprint density at radius 2 is 1.68 bits per heavy atom. The number of pyridine rings is 1. The zero-order valence-electron chi connectivity index (χ0n) is 10.3. The fourth-order valence-corrected chi connectivity index (χ4v) is 1.19. The van der Waals surface area contributed by atoms with Crippen LogP contribution in [0.15, 0.2) is 48.8 Å². The summed E-state index contributed by atoms with van der Waals surface area (Å²) in [7, 11) is 0. The van der Waals surface area contributed by atoms with Crippen molar-refractivity contribution in [1.82, 2.24) is 4.98 Å². The van der Waals surface area contributed by atoms with Gasteiger partial charge in [-0.3, -0.25) is 9.78 Å². The standard InChI is InChI=1S/C8H8O2.C6H5NO2/c1-6(9)7-2-4-8(10)5-3-7;8-6(9)5-2-1-3-7-4-5/h2-5,10H,1H3;1-4H,(H,8,9). The fourth-order valence-electron chi connectivity index (χ4n) is 1.19. The highest BCUT2D eigenvalue weighted by Crippen LogP contribution is 2.09. The summed E-state index contributed by atoms with van der Waals surface area (Å²) in [5.41, 5.74) is 0.843. The van der Waals surface area contributed by atoms with E-state index in [0.717, 1.165) is 0 Å². The van der Waals surface area contributed by atoms with Crippen LogP contribution in [0.2, 0.25) is 0 Å². The monoisotopic (exact) mass is 259 g/mol. The first-order chi connectivity index (χ1) is 9.00. The van der Waals surface area contributed by atoms with E-state index in [0.29, 0.717) is 5.56 Å². The van der Waals surface area contributed by atoms with Crippen molar-refractivity contribution in [2.45, 2.75) is 6.92 Å². The van der Waals surface area contributed by atoms with Gasteiger partial charge >= 0.3 is 5.97 Å². The van der Waals surface area contributed by atoms with Crippen molar-refractivity contribution in [2.24, 2.45) is 0 Å². The molecule has 1 aromatic heterocycles. The van der Waals surface area contributed by atoms with Gasteiger partial charge in [-0.15, -0.1) is 0 Å². The van der Waals surface area contributed by atoms with E-state index in [4.69, 9.17) is 10.2 Å². The Hall–Kier alpha value is -2.69. The van der Waals surface area contributed by atoms with Crippen LogP contribution in [0.3, 0.4) is 0 Å². The lowest BCUT2D eigenvalue weighted by atomic mass is 10.1. The lowest BCUT2D eigenvalue weighted by Crippen LogP contribution is -1.94. The molecule has 2 aromatic rings. The predicted molar refractivity (Wildman–Crippen MR) is 69.3 cm³/mol. The molecular weight excluding hydrogens is 246 g/mol. The molecule has 0 radical (unpaired) electrons. The third-order valence-corrected chi connectivity index (χ3v) is 2.18. The van der Waals surface area contributed by atoms with Crippen LogP contribution in [-0.2, 0) is 0 Å². The molecule has 1 aromatic carbocycles. The molecule has 0 bridgehead atoms. The number of carbonyl (C=O) groups is 2. The van der Waals surface area contributed by atoms with E-state index in [1.807, 2.05) is 0 Å². The van der Waals surface area contributed by atoms with Crippen LogP contribution in [-0.4, -0.2) is 26.9 Å². The van der Waals surface area contributed by atoms with E-state index in [1.54, 1.807) is 18.2 Å². The summed E-state index contributed by atoms with van der Waals surface area (Å²) in [6.45, 7) is 1.49. The van der Waals surface area contributed by atoms with E-state index in [2.05, 4.69) is 4.98 Å². The topological polar surface area (TPSA) is 87.5 Å². The Morgan fingerprint density at radius 1 is 1.05 bits per heavy atom. The summed E-state index contributed by atoms with van der Waals surface area (Å²) in [5, 5.41) is 17.2. The van der Waals surface area contributed by atoms with Crippen molar-refractivity contribution in [1.29, 1.82) is 0 Å². The molecule has 0 unspecified atom stereocenters. The minimum Gasteiger partial charge on any atom is -0.508 e. The Balaban J connectivity index is 0.000000191. The maximum Gasteiger partial charge on any atom is 0.337 e. The van der Waals surface area contributed by atoms with Gasteiger partial charge in [0.2, 0.25) is 0 Å². The number of rotatable bonds is 2. The number of aromatic hydroxyl groups is 1. The molecule has 0 spiro atoms. The number of hydrogen-bond donors (Lipinski definition) is 2. The molecule has 0 aliphatic rings. The number of aromatic nitrogens is 1. The number of hydrogen-bond acceptors (Lipinski definition) is 4. The highest BCUT2D eigenvalue weighted by Gasteiger charge is 1.98. The molecule has 5 nitrogen and oxygen atoms in total. The van der Waals surface area contributed by atoms with Crippen LogP contribution in [0.5, 0.6) is 5.75 Å². The second-order valence-corrected chi connectivity index (χ2v) is 3.65. The van der Waals surface area contributed by atoms with Crippen LogP contribution < -0.4 is 0 Å². The van der Waals surface area contributed by atoms with Gasteiger partial charge in [-0.2, -0.15) is 0 Å². The SMILES string of the molecule is CC(=O)c1ccc(O)cc1.O=C(O)c1cccnc1. The predicted octanol–water partition coefficient (Wildman–Crippen LogP) is 2.37. The number of Topliss-reactive ketones (excluding diaryl/α,β-unsaturated/α-hetero) is 1. The van der Waals surface area contributed by atoms with Crippen LogP contribution >= 0.6 is 0 Å². The number of nitrogens with zero attached hydrogens (tertiary/aromatic N) is 1. The van der Waals surface area contributed by atoms with Crippen LogP contribution in [0, 0.1) is 0 Å². The smallest absolute Gasteiger partial charge is 0.337 e. The van der Waals surface area contributed by atoms with Crippen molar-refractivity contribution in [3.8, 4) is 5.75 Å². The van der Waals surface area contributed by atoms with Gasteiger partial charge < -0.3 is 10.2 Å². The Morgan fingerprint density at radius 3 is 2.05 bits per heavy atom. The van der Waals surface area contributed by atoms with Gasteiger partial charge in [0, 0.05) is 18.0 Å². The number of phenols is 1. The van der Waals surface area contributed by atoms with Crippen molar-refractivity contribution < 1.29 is 19.8 Å². The summed E-state index contributed by atoms with van der Waals surface area (Å²) < 4.78 is 0. The van der Waals surface area contributed by atoms with Crippen molar-refractivity contribution in [2.75, 3.05) is 0 Å². The molecule has 19 heavy (non-hydrogen) atoms. The lowest BCUT2D eigenvalue weighted by Gasteiger charge is -1.93. The Kier molecular flexibility index (Phi) is 5.22. The third-order valence-electron chi connectivity index (χ3n) is 2.18. The van der Waals surface area contributed by atoms with Crippen LogP contribution in [0.1, 0.15) is 27.6 Å². The number of carboxylic acid groups (broad SMARTS) is 1. The average molecular weight is 259 g/mol. The summed E-state index contributed by atoms with van der Waals surface area (Å²) in [6.07, 6.45) is 2.84. The van der Waals surface area contributed by atoms with Crippen LogP contribution in [0.25, 0.3) is 0 Å². The number of ketones is 1. The fraction of sp³-hybridized carbons (Fsp3) is 0.0714. The normalized spacial score (nSPS) is 9.11. The molecule has 2 N–H and O–H groups in total. The van der Waals surface area contributed by atoms with Gasteiger partial charge in [-0.1, -0.05) is 0 Å². The van der Waals surface area contributed by atoms with E-state index >= 15 is 0 Å². The number of carbonyl (C=O) groups excluding carboxylic acids is 1. The van der Waals surface area contributed by atoms with E-state index in [9.17, 15) is 9.59 Å². The Labute approximate surface area is 110 Å². The van der Waals surface area contributed by atoms with Crippen molar-refractivity contribution in [3.63, 3.8) is 0 Å². The van der Waals surface area contributed by atoms with Gasteiger partial charge in [-0.25, -0.2) is 4.79 Å². The molecule has 0 fully saturated rings. The maximum absolute atomic E-state index is 10.7. The summed E-state index contributed by atoms with van der Waals surface area (Å²) in [5.74, 6) is -0.742.